The molecule has 0 aromatic carbocycles. The summed E-state index contributed by atoms with van der Waals surface area (Å²) >= 11 is 6.64. The minimum absolute atomic E-state index is 0.0105. The number of nitrogens with zero attached hydrogens (tertiary/aromatic N) is 3. The SMILES string of the molecule is CC[C@@H](C)N1C(=O)/C(=C/c2c(NC[C@@H]3CCCO3)nc3ccccn3c2=O)SC1=S. The maximum absolute atomic E-state index is 13.2. The maximum atomic E-state index is 13.2. The van der Waals surface area contributed by atoms with Gasteiger partial charge in [0.15, 0.2) is 0 Å². The van der Waals surface area contributed by atoms with Crippen LogP contribution in [0.25, 0.3) is 11.7 Å². The number of ether oxygens (including phenoxy) is 1. The summed E-state index contributed by atoms with van der Waals surface area (Å²) < 4.78 is 7.68. The lowest BCUT2D eigenvalue weighted by molar-refractivity contribution is -0.123. The van der Waals surface area contributed by atoms with Crippen LogP contribution >= 0.6 is 24.0 Å². The van der Waals surface area contributed by atoms with Crippen LogP contribution in [0.1, 0.15) is 38.7 Å². The standard InChI is InChI=1S/C21H24N4O3S2/c1-3-13(2)25-20(27)16(30-21(25)29)11-15-18(22-12-14-7-6-10-28-14)23-17-8-4-5-9-24(17)19(15)26/h4-5,8-9,11,13-14,22H,3,6-7,10,12H2,1-2H3/b16-11-/t13-,14+/m1/s1. The van der Waals surface area contributed by atoms with E-state index in [1.807, 2.05) is 19.9 Å². The second-order valence-corrected chi connectivity index (χ2v) is 9.11. The molecule has 7 nitrogen and oxygen atoms in total. The second kappa shape index (κ2) is 8.87. The molecule has 2 aliphatic rings. The largest absolute Gasteiger partial charge is 0.376 e. The van der Waals surface area contributed by atoms with Crippen LogP contribution in [0.2, 0.25) is 0 Å². The lowest BCUT2D eigenvalue weighted by Crippen LogP contribution is -2.36. The molecule has 4 heterocycles. The average molecular weight is 445 g/mol. The van der Waals surface area contributed by atoms with Crippen LogP contribution in [0, 0.1) is 0 Å². The number of fused-ring (bicyclic) bond motifs is 1. The number of carbonyl (C=O) groups is 1. The predicted octanol–water partition coefficient (Wildman–Crippen LogP) is 3.29. The minimum atomic E-state index is -0.232. The Labute approximate surface area is 184 Å². The van der Waals surface area contributed by atoms with Gasteiger partial charge in [-0.3, -0.25) is 18.9 Å². The number of thiocarbonyl (C=S) groups is 1. The van der Waals surface area contributed by atoms with E-state index in [1.54, 1.807) is 29.3 Å². The number of rotatable bonds is 6. The van der Waals surface area contributed by atoms with Gasteiger partial charge in [-0.15, -0.1) is 0 Å². The molecule has 2 fully saturated rings. The number of aromatic nitrogens is 2. The molecule has 1 amide bonds. The summed E-state index contributed by atoms with van der Waals surface area (Å²) in [7, 11) is 0. The van der Waals surface area contributed by atoms with Crippen molar-refractivity contribution >= 4 is 51.7 Å². The first-order chi connectivity index (χ1) is 14.5. The molecule has 2 aromatic rings. The van der Waals surface area contributed by atoms with Crippen LogP contribution in [0.15, 0.2) is 34.1 Å². The number of amides is 1. The van der Waals surface area contributed by atoms with Gasteiger partial charge >= 0.3 is 0 Å². The van der Waals surface area contributed by atoms with Gasteiger partial charge in [-0.05, 0) is 44.4 Å². The van der Waals surface area contributed by atoms with Crippen molar-refractivity contribution in [1.29, 1.82) is 0 Å². The zero-order chi connectivity index (χ0) is 21.3. The van der Waals surface area contributed by atoms with E-state index < -0.39 is 0 Å². The molecule has 0 bridgehead atoms. The number of nitrogens with one attached hydrogen (secondary N) is 1. The van der Waals surface area contributed by atoms with Crippen molar-refractivity contribution in [3.8, 4) is 0 Å². The predicted molar refractivity (Wildman–Crippen MR) is 124 cm³/mol. The molecule has 0 saturated carbocycles. The first-order valence-corrected chi connectivity index (χ1v) is 11.4. The fraction of sp³-hybridized carbons (Fsp3) is 0.429. The van der Waals surface area contributed by atoms with Crippen molar-refractivity contribution in [2.75, 3.05) is 18.5 Å². The summed E-state index contributed by atoms with van der Waals surface area (Å²) in [5.74, 6) is 0.289. The average Bonchev–Trinajstić information content (AvgIpc) is 3.36. The van der Waals surface area contributed by atoms with Gasteiger partial charge in [0.25, 0.3) is 11.5 Å². The molecule has 2 saturated heterocycles. The summed E-state index contributed by atoms with van der Waals surface area (Å²) in [4.78, 5) is 32.9. The monoisotopic (exact) mass is 444 g/mol. The van der Waals surface area contributed by atoms with Crippen LogP contribution in [0.4, 0.5) is 5.82 Å². The molecule has 2 atom stereocenters. The lowest BCUT2D eigenvalue weighted by atomic mass is 10.2. The third kappa shape index (κ3) is 4.01. The van der Waals surface area contributed by atoms with Gasteiger partial charge in [-0.2, -0.15) is 0 Å². The zero-order valence-corrected chi connectivity index (χ0v) is 18.6. The van der Waals surface area contributed by atoms with E-state index in [4.69, 9.17) is 17.0 Å². The van der Waals surface area contributed by atoms with E-state index in [2.05, 4.69) is 10.3 Å². The molecule has 4 rings (SSSR count). The molecule has 158 valence electrons. The Hall–Kier alpha value is -2.23. The van der Waals surface area contributed by atoms with Crippen molar-refractivity contribution in [1.82, 2.24) is 14.3 Å². The van der Waals surface area contributed by atoms with E-state index in [1.165, 1.54) is 16.2 Å². The van der Waals surface area contributed by atoms with Gasteiger partial charge in [-0.1, -0.05) is 37.0 Å². The molecule has 2 aromatic heterocycles. The van der Waals surface area contributed by atoms with E-state index in [9.17, 15) is 9.59 Å². The van der Waals surface area contributed by atoms with Crippen LogP contribution in [0.3, 0.4) is 0 Å². The Balaban J connectivity index is 1.74. The molecule has 2 aliphatic heterocycles. The Morgan fingerprint density at radius 2 is 2.27 bits per heavy atom. The third-order valence-electron chi connectivity index (χ3n) is 5.42. The van der Waals surface area contributed by atoms with Crippen molar-refractivity contribution in [3.05, 3.63) is 45.2 Å². The maximum Gasteiger partial charge on any atom is 0.267 e. The highest BCUT2D eigenvalue weighted by molar-refractivity contribution is 8.26. The Morgan fingerprint density at radius 3 is 3.00 bits per heavy atom. The van der Waals surface area contributed by atoms with Crippen LogP contribution in [-0.2, 0) is 9.53 Å². The Morgan fingerprint density at radius 1 is 1.43 bits per heavy atom. The molecule has 30 heavy (non-hydrogen) atoms. The smallest absolute Gasteiger partial charge is 0.267 e. The molecule has 0 spiro atoms. The third-order valence-corrected chi connectivity index (χ3v) is 6.75. The van der Waals surface area contributed by atoms with E-state index in [0.29, 0.717) is 32.8 Å². The number of hydrogen-bond acceptors (Lipinski definition) is 7. The van der Waals surface area contributed by atoms with E-state index in [-0.39, 0.29) is 23.6 Å². The molecule has 1 N–H and O–H groups in total. The Kier molecular flexibility index (Phi) is 6.21. The minimum Gasteiger partial charge on any atom is -0.376 e. The molecule has 0 aliphatic carbocycles. The number of pyridine rings is 1. The number of thioether (sulfide) groups is 1. The van der Waals surface area contributed by atoms with Gasteiger partial charge in [0, 0.05) is 25.4 Å². The number of hydrogen-bond donors (Lipinski definition) is 1. The summed E-state index contributed by atoms with van der Waals surface area (Å²) in [6.07, 6.45) is 6.20. The topological polar surface area (TPSA) is 75.9 Å². The highest BCUT2D eigenvalue weighted by Gasteiger charge is 2.35. The van der Waals surface area contributed by atoms with Crippen molar-refractivity contribution < 1.29 is 9.53 Å². The molecular weight excluding hydrogens is 420 g/mol. The van der Waals surface area contributed by atoms with Crippen LogP contribution in [-0.4, -0.2) is 49.8 Å². The first kappa shape index (κ1) is 21.0. The quantitative estimate of drug-likeness (QED) is 0.541. The highest BCUT2D eigenvalue weighted by atomic mass is 32.2. The summed E-state index contributed by atoms with van der Waals surface area (Å²) in [5, 5.41) is 3.27. The number of anilines is 1. The van der Waals surface area contributed by atoms with E-state index in [0.717, 1.165) is 25.9 Å². The fourth-order valence-corrected chi connectivity index (χ4v) is 5.00. The number of carbonyl (C=O) groups excluding carboxylic acids is 1. The Bertz CT molecular complexity index is 1080. The molecule has 0 radical (unpaired) electrons. The zero-order valence-electron chi connectivity index (χ0n) is 17.0. The summed E-state index contributed by atoms with van der Waals surface area (Å²) in [6, 6.07) is 5.41. The van der Waals surface area contributed by atoms with Crippen LogP contribution < -0.4 is 10.9 Å². The first-order valence-electron chi connectivity index (χ1n) is 10.1. The van der Waals surface area contributed by atoms with Gasteiger partial charge in [-0.25, -0.2) is 4.98 Å². The van der Waals surface area contributed by atoms with Gasteiger partial charge in [0.05, 0.1) is 16.6 Å². The lowest BCUT2D eigenvalue weighted by Gasteiger charge is -2.21. The summed E-state index contributed by atoms with van der Waals surface area (Å²) in [6.45, 7) is 5.30. The molecule has 9 heteroatoms. The fourth-order valence-electron chi connectivity index (χ4n) is 3.56. The van der Waals surface area contributed by atoms with Gasteiger partial charge < -0.3 is 10.1 Å². The van der Waals surface area contributed by atoms with Gasteiger partial charge in [0.2, 0.25) is 0 Å². The summed E-state index contributed by atoms with van der Waals surface area (Å²) in [5.41, 5.74) is 0.659. The van der Waals surface area contributed by atoms with Crippen molar-refractivity contribution in [3.63, 3.8) is 0 Å². The van der Waals surface area contributed by atoms with Crippen LogP contribution in [0.5, 0.6) is 0 Å². The molecule has 0 unspecified atom stereocenters. The van der Waals surface area contributed by atoms with Gasteiger partial charge in [0.1, 0.15) is 15.8 Å². The van der Waals surface area contributed by atoms with Crippen molar-refractivity contribution in [2.45, 2.75) is 45.3 Å². The second-order valence-electron chi connectivity index (χ2n) is 7.43. The van der Waals surface area contributed by atoms with E-state index >= 15 is 0 Å². The normalized spacial score (nSPS) is 21.7. The molecular formula is C21H24N4O3S2. The van der Waals surface area contributed by atoms with Crippen molar-refractivity contribution in [2.24, 2.45) is 0 Å². The highest BCUT2D eigenvalue weighted by Crippen LogP contribution is 2.34.